The fourth-order valence-electron chi connectivity index (χ4n) is 4.74. The first-order chi connectivity index (χ1) is 16.0. The van der Waals surface area contributed by atoms with E-state index in [0.717, 1.165) is 50.3 Å². The Morgan fingerprint density at radius 2 is 1.74 bits per heavy atom. The number of rotatable bonds is 4. The zero-order chi connectivity index (χ0) is 24.8. The Labute approximate surface area is 208 Å². The lowest BCUT2D eigenvalue weighted by Crippen LogP contribution is -2.54. The molecule has 176 valence electrons. The zero-order valence-electron chi connectivity index (χ0n) is 20.0. The Morgan fingerprint density at radius 1 is 1.03 bits per heavy atom. The van der Waals surface area contributed by atoms with Crippen LogP contribution >= 0.6 is 15.9 Å². The quantitative estimate of drug-likeness (QED) is 0.405. The van der Waals surface area contributed by atoms with Crippen molar-refractivity contribution in [2.75, 3.05) is 16.3 Å². The van der Waals surface area contributed by atoms with E-state index in [2.05, 4.69) is 59.9 Å². The molecule has 1 fully saturated rings. The second-order valence-electron chi connectivity index (χ2n) is 9.30. The number of halogens is 1. The molecule has 1 N–H and O–H groups in total. The molecule has 0 bridgehead atoms. The molecule has 34 heavy (non-hydrogen) atoms. The monoisotopic (exact) mass is 521 g/mol. The summed E-state index contributed by atoms with van der Waals surface area (Å²) < 4.78 is 0.836. The normalized spacial score (nSPS) is 18.7. The second kappa shape index (κ2) is 8.87. The van der Waals surface area contributed by atoms with E-state index in [1.165, 1.54) is 0 Å². The van der Waals surface area contributed by atoms with Crippen molar-refractivity contribution < 1.29 is 14.4 Å². The molecule has 2 aliphatic rings. The lowest BCUT2D eigenvalue weighted by molar-refractivity contribution is -0.122. The van der Waals surface area contributed by atoms with Crippen molar-refractivity contribution in [2.24, 2.45) is 0 Å². The van der Waals surface area contributed by atoms with Gasteiger partial charge in [0.25, 0.3) is 11.8 Å². The summed E-state index contributed by atoms with van der Waals surface area (Å²) in [7, 11) is 0. The lowest BCUT2D eigenvalue weighted by Gasteiger charge is -2.43. The predicted octanol–water partition coefficient (Wildman–Crippen LogP) is 5.84. The van der Waals surface area contributed by atoms with Gasteiger partial charge in [-0.05, 0) is 87.2 Å². The van der Waals surface area contributed by atoms with E-state index in [0.29, 0.717) is 5.69 Å². The molecular weight excluding hydrogens is 494 g/mol. The van der Waals surface area contributed by atoms with Crippen molar-refractivity contribution >= 4 is 56.8 Å². The molecule has 6 nitrogen and oxygen atoms in total. The van der Waals surface area contributed by atoms with Gasteiger partial charge in [0.05, 0.1) is 11.2 Å². The number of aryl methyl sites for hydroxylation is 1. The summed E-state index contributed by atoms with van der Waals surface area (Å²) in [6.07, 6.45) is 4.83. The molecular formula is C27H28BrN3O3. The van der Waals surface area contributed by atoms with Crippen molar-refractivity contribution in [3.63, 3.8) is 0 Å². The Balaban J connectivity index is 1.75. The van der Waals surface area contributed by atoms with Crippen LogP contribution in [0.15, 0.2) is 52.5 Å². The van der Waals surface area contributed by atoms with Gasteiger partial charge in [0, 0.05) is 22.3 Å². The number of hydrogen-bond acceptors (Lipinski definition) is 4. The van der Waals surface area contributed by atoms with Crippen LogP contribution in [0.2, 0.25) is 0 Å². The lowest BCUT2D eigenvalue weighted by atomic mass is 9.87. The van der Waals surface area contributed by atoms with Gasteiger partial charge in [0.15, 0.2) is 0 Å². The average molecular weight is 522 g/mol. The van der Waals surface area contributed by atoms with Crippen LogP contribution in [0.25, 0.3) is 11.6 Å². The third kappa shape index (κ3) is 4.20. The molecule has 7 heteroatoms. The number of nitrogens with one attached hydrogen (secondary N) is 1. The fraction of sp³-hybridized carbons (Fsp3) is 0.296. The number of anilines is 2. The van der Waals surface area contributed by atoms with Crippen molar-refractivity contribution in [1.82, 2.24) is 5.32 Å². The van der Waals surface area contributed by atoms with Gasteiger partial charge in [-0.15, -0.1) is 0 Å². The summed E-state index contributed by atoms with van der Waals surface area (Å²) in [6.45, 7) is 11.4. The molecule has 0 atom stereocenters. The molecule has 0 saturated carbocycles. The number of imide groups is 2. The van der Waals surface area contributed by atoms with Crippen LogP contribution in [-0.4, -0.2) is 29.9 Å². The minimum Gasteiger partial charge on any atom is -0.362 e. The molecule has 2 aromatic carbocycles. The first kappa shape index (κ1) is 24.0. The highest BCUT2D eigenvalue weighted by molar-refractivity contribution is 9.10. The first-order valence-electron chi connectivity index (χ1n) is 11.3. The second-order valence-corrected chi connectivity index (χ2v) is 10.2. The number of hydrogen-bond donors (Lipinski definition) is 1. The molecule has 4 amide bonds. The number of allylic oxidation sites excluding steroid dienone is 1. The Morgan fingerprint density at radius 3 is 2.41 bits per heavy atom. The zero-order valence-corrected chi connectivity index (χ0v) is 21.6. The van der Waals surface area contributed by atoms with Gasteiger partial charge in [0.1, 0.15) is 5.57 Å². The van der Waals surface area contributed by atoms with Crippen LogP contribution in [0.4, 0.5) is 16.2 Å². The standard InChI is InChI=1S/C27H28BrN3O3/c1-6-11-30-23-9-7-18(13-20(23)17(3)15-27(30,4)5)14-21-24(32)29-26(34)31(25(21)33)22-10-8-19(28)12-16(22)2/h7-10,12-15H,6,11H2,1-5H3,(H,29,32,34)/b21-14-. The minimum atomic E-state index is -0.751. The molecule has 0 spiro atoms. The Kier molecular flexibility index (Phi) is 6.25. The van der Waals surface area contributed by atoms with Crippen LogP contribution < -0.4 is 15.1 Å². The number of benzene rings is 2. The smallest absolute Gasteiger partial charge is 0.335 e. The van der Waals surface area contributed by atoms with E-state index in [4.69, 9.17) is 0 Å². The van der Waals surface area contributed by atoms with E-state index in [1.54, 1.807) is 18.2 Å². The number of carbonyl (C=O) groups excluding carboxylic acids is 3. The Bertz CT molecular complexity index is 1280. The van der Waals surface area contributed by atoms with E-state index >= 15 is 0 Å². The molecule has 0 unspecified atom stereocenters. The molecule has 4 rings (SSSR count). The number of carbonyl (C=O) groups is 3. The highest BCUT2D eigenvalue weighted by atomic mass is 79.9. The van der Waals surface area contributed by atoms with Crippen molar-refractivity contribution in [3.8, 4) is 0 Å². The number of amides is 4. The summed E-state index contributed by atoms with van der Waals surface area (Å²) in [6, 6.07) is 10.5. The van der Waals surface area contributed by atoms with Gasteiger partial charge < -0.3 is 4.90 Å². The average Bonchev–Trinajstić information content (AvgIpc) is 2.75. The van der Waals surface area contributed by atoms with Gasteiger partial charge in [0.2, 0.25) is 0 Å². The van der Waals surface area contributed by atoms with E-state index in [9.17, 15) is 14.4 Å². The molecule has 2 aromatic rings. The maximum Gasteiger partial charge on any atom is 0.335 e. The molecule has 2 heterocycles. The van der Waals surface area contributed by atoms with Crippen LogP contribution in [0.3, 0.4) is 0 Å². The highest BCUT2D eigenvalue weighted by Gasteiger charge is 2.37. The maximum absolute atomic E-state index is 13.3. The predicted molar refractivity (Wildman–Crippen MR) is 140 cm³/mol. The molecule has 1 saturated heterocycles. The van der Waals surface area contributed by atoms with Gasteiger partial charge in [-0.1, -0.05) is 35.0 Å². The minimum absolute atomic E-state index is 0.0787. The summed E-state index contributed by atoms with van der Waals surface area (Å²) in [5, 5.41) is 2.30. The van der Waals surface area contributed by atoms with Gasteiger partial charge in [-0.3, -0.25) is 14.9 Å². The topological polar surface area (TPSA) is 69.7 Å². The summed E-state index contributed by atoms with van der Waals surface area (Å²) in [5.74, 6) is -1.34. The molecule has 0 radical (unpaired) electrons. The third-order valence-corrected chi connectivity index (χ3v) is 6.75. The highest BCUT2D eigenvalue weighted by Crippen LogP contribution is 2.39. The van der Waals surface area contributed by atoms with E-state index < -0.39 is 17.8 Å². The largest absolute Gasteiger partial charge is 0.362 e. The van der Waals surface area contributed by atoms with Gasteiger partial charge in [-0.25, -0.2) is 9.69 Å². The summed E-state index contributed by atoms with van der Waals surface area (Å²) >= 11 is 3.39. The van der Waals surface area contributed by atoms with Crippen molar-refractivity contribution in [3.05, 3.63) is 69.2 Å². The third-order valence-electron chi connectivity index (χ3n) is 6.26. The maximum atomic E-state index is 13.3. The van der Waals surface area contributed by atoms with E-state index in [-0.39, 0.29) is 11.1 Å². The Hall–Kier alpha value is -3.19. The fourth-order valence-corrected chi connectivity index (χ4v) is 5.21. The number of fused-ring (bicyclic) bond motifs is 1. The molecule has 0 aromatic heterocycles. The first-order valence-corrected chi connectivity index (χ1v) is 12.1. The van der Waals surface area contributed by atoms with Crippen molar-refractivity contribution in [2.45, 2.75) is 46.6 Å². The van der Waals surface area contributed by atoms with Crippen molar-refractivity contribution in [1.29, 1.82) is 0 Å². The molecule has 2 aliphatic heterocycles. The van der Waals surface area contributed by atoms with Gasteiger partial charge >= 0.3 is 6.03 Å². The summed E-state index contributed by atoms with van der Waals surface area (Å²) in [5.41, 5.74) is 5.07. The number of barbiturate groups is 1. The molecule has 0 aliphatic carbocycles. The van der Waals surface area contributed by atoms with E-state index in [1.807, 2.05) is 31.2 Å². The van der Waals surface area contributed by atoms with Gasteiger partial charge in [-0.2, -0.15) is 0 Å². The van der Waals surface area contributed by atoms with Crippen LogP contribution in [0, 0.1) is 6.92 Å². The summed E-state index contributed by atoms with van der Waals surface area (Å²) in [4.78, 5) is 41.9. The SMILES string of the molecule is CCCN1c2ccc(/C=C3/C(=O)NC(=O)N(c4ccc(Br)cc4C)C3=O)cc2C(C)=CC1(C)C. The van der Waals surface area contributed by atoms with Crippen LogP contribution in [0.1, 0.15) is 50.8 Å². The number of nitrogens with zero attached hydrogens (tertiary/aromatic N) is 2. The number of urea groups is 1. The van der Waals surface area contributed by atoms with Crippen LogP contribution in [0.5, 0.6) is 0 Å². The van der Waals surface area contributed by atoms with Crippen LogP contribution in [-0.2, 0) is 9.59 Å².